The van der Waals surface area contributed by atoms with Gasteiger partial charge >= 0.3 is 5.97 Å². The normalized spacial score (nSPS) is 10.6. The molecule has 0 saturated carbocycles. The van der Waals surface area contributed by atoms with E-state index in [2.05, 4.69) is 32.6 Å². The summed E-state index contributed by atoms with van der Waals surface area (Å²) in [4.78, 5) is 12.5. The van der Waals surface area contributed by atoms with E-state index >= 15 is 0 Å². The SMILES string of the molecule is CC(=O)OO.CCC[N+](CCC)(CCC)CCC. The van der Waals surface area contributed by atoms with E-state index < -0.39 is 5.97 Å². The predicted octanol–water partition coefficient (Wildman–Crippen LogP) is 3.47. The van der Waals surface area contributed by atoms with Crippen LogP contribution < -0.4 is 0 Å². The molecule has 0 aromatic carbocycles. The van der Waals surface area contributed by atoms with Gasteiger partial charge in [0, 0.05) is 6.92 Å². The summed E-state index contributed by atoms with van der Waals surface area (Å²) < 4.78 is 1.38. The second-order valence-electron chi connectivity index (χ2n) is 4.82. The largest absolute Gasteiger partial charge is 0.339 e. The minimum atomic E-state index is -0.690. The quantitative estimate of drug-likeness (QED) is 0.414. The Hall–Kier alpha value is -0.610. The molecule has 0 fully saturated rings. The lowest BCUT2D eigenvalue weighted by Gasteiger charge is -2.38. The van der Waals surface area contributed by atoms with Gasteiger partial charge in [-0.2, -0.15) is 5.26 Å². The van der Waals surface area contributed by atoms with Gasteiger partial charge in [-0.3, -0.25) is 0 Å². The third kappa shape index (κ3) is 10.5. The summed E-state index contributed by atoms with van der Waals surface area (Å²) in [5.41, 5.74) is 0. The average molecular weight is 262 g/mol. The van der Waals surface area contributed by atoms with Gasteiger partial charge in [0.05, 0.1) is 26.2 Å². The highest BCUT2D eigenvalue weighted by Gasteiger charge is 2.22. The molecule has 1 N–H and O–H groups in total. The highest BCUT2D eigenvalue weighted by atomic mass is 17.1. The van der Waals surface area contributed by atoms with Crippen LogP contribution >= 0.6 is 0 Å². The first-order valence-corrected chi connectivity index (χ1v) is 7.18. The molecule has 18 heavy (non-hydrogen) atoms. The Morgan fingerprint density at radius 2 is 1.11 bits per heavy atom. The van der Waals surface area contributed by atoms with E-state index in [-0.39, 0.29) is 0 Å². The fourth-order valence-corrected chi connectivity index (χ4v) is 2.57. The van der Waals surface area contributed by atoms with Crippen LogP contribution in [0.3, 0.4) is 0 Å². The van der Waals surface area contributed by atoms with Crippen molar-refractivity contribution in [3.8, 4) is 0 Å². The maximum Gasteiger partial charge on any atom is 0.339 e. The number of hydrogen-bond donors (Lipinski definition) is 1. The van der Waals surface area contributed by atoms with E-state index in [0.29, 0.717) is 0 Å². The van der Waals surface area contributed by atoms with Crippen LogP contribution in [-0.2, 0) is 9.68 Å². The standard InChI is InChI=1S/C12H28N.C2H4O3/c1-5-9-13(10-6-2,11-7-3)12-8-4;1-2(3)5-4/h5-12H2,1-4H3;4H,1H3/q+1;. The highest BCUT2D eigenvalue weighted by Crippen LogP contribution is 2.12. The second kappa shape index (κ2) is 12.8. The van der Waals surface area contributed by atoms with Crippen molar-refractivity contribution in [1.82, 2.24) is 0 Å². The monoisotopic (exact) mass is 262 g/mol. The zero-order chi connectivity index (χ0) is 14.4. The maximum atomic E-state index is 9.34. The van der Waals surface area contributed by atoms with E-state index in [1.165, 1.54) is 56.3 Å². The first kappa shape index (κ1) is 19.7. The van der Waals surface area contributed by atoms with Crippen molar-refractivity contribution in [2.45, 2.75) is 60.3 Å². The van der Waals surface area contributed by atoms with Crippen molar-refractivity contribution in [2.75, 3.05) is 26.2 Å². The molecule has 0 aliphatic heterocycles. The van der Waals surface area contributed by atoms with E-state index in [0.717, 1.165) is 6.92 Å². The third-order valence-electron chi connectivity index (χ3n) is 2.92. The van der Waals surface area contributed by atoms with Gasteiger partial charge in [-0.05, 0) is 25.7 Å². The van der Waals surface area contributed by atoms with Gasteiger partial charge in [-0.25, -0.2) is 4.79 Å². The van der Waals surface area contributed by atoms with E-state index in [1.54, 1.807) is 0 Å². The van der Waals surface area contributed by atoms with E-state index in [1.807, 2.05) is 0 Å². The topological polar surface area (TPSA) is 46.5 Å². The Kier molecular flexibility index (Phi) is 14.1. The number of nitrogens with zero attached hydrogens (tertiary/aromatic N) is 1. The maximum absolute atomic E-state index is 9.34. The number of rotatable bonds is 8. The molecule has 0 rings (SSSR count). The fraction of sp³-hybridized carbons (Fsp3) is 0.929. The number of carbonyl (C=O) groups is 1. The Bertz CT molecular complexity index is 166. The fourth-order valence-electron chi connectivity index (χ4n) is 2.57. The Morgan fingerprint density at radius 1 is 0.889 bits per heavy atom. The van der Waals surface area contributed by atoms with Crippen LogP contribution in [0.4, 0.5) is 0 Å². The van der Waals surface area contributed by atoms with Crippen molar-refractivity contribution in [3.05, 3.63) is 0 Å². The average Bonchev–Trinajstić information content (AvgIpc) is 2.31. The van der Waals surface area contributed by atoms with Crippen molar-refractivity contribution in [3.63, 3.8) is 0 Å². The lowest BCUT2D eigenvalue weighted by Crippen LogP contribution is -2.50. The molecular weight excluding hydrogens is 230 g/mol. The molecule has 110 valence electrons. The Morgan fingerprint density at radius 3 is 1.22 bits per heavy atom. The summed E-state index contributed by atoms with van der Waals surface area (Å²) >= 11 is 0. The van der Waals surface area contributed by atoms with Crippen LogP contribution in [0, 0.1) is 0 Å². The molecule has 0 spiro atoms. The Balaban J connectivity index is 0. The smallest absolute Gasteiger partial charge is 0.324 e. The summed E-state index contributed by atoms with van der Waals surface area (Å²) in [6.07, 6.45) is 5.33. The number of hydrogen-bond acceptors (Lipinski definition) is 3. The zero-order valence-electron chi connectivity index (χ0n) is 12.9. The third-order valence-corrected chi connectivity index (χ3v) is 2.92. The summed E-state index contributed by atoms with van der Waals surface area (Å²) in [7, 11) is 0. The van der Waals surface area contributed by atoms with Crippen LogP contribution in [0.25, 0.3) is 0 Å². The highest BCUT2D eigenvalue weighted by molar-refractivity contribution is 5.64. The molecule has 0 amide bonds. The Labute approximate surface area is 112 Å². The molecule has 0 heterocycles. The van der Waals surface area contributed by atoms with Gasteiger partial charge in [0.1, 0.15) is 0 Å². The molecule has 0 aromatic heterocycles. The number of quaternary nitrogens is 1. The minimum absolute atomic E-state index is 0.690. The lowest BCUT2D eigenvalue weighted by molar-refractivity contribution is -0.928. The van der Waals surface area contributed by atoms with Gasteiger partial charge in [0.15, 0.2) is 0 Å². The van der Waals surface area contributed by atoms with E-state index in [9.17, 15) is 4.79 Å². The van der Waals surface area contributed by atoms with Crippen LogP contribution in [0.15, 0.2) is 0 Å². The van der Waals surface area contributed by atoms with Crippen LogP contribution in [-0.4, -0.2) is 41.9 Å². The molecule has 0 unspecified atom stereocenters. The molecule has 0 saturated heterocycles. The minimum Gasteiger partial charge on any atom is -0.324 e. The van der Waals surface area contributed by atoms with E-state index in [4.69, 9.17) is 5.26 Å². The second-order valence-corrected chi connectivity index (χ2v) is 4.82. The first-order valence-electron chi connectivity index (χ1n) is 7.18. The van der Waals surface area contributed by atoms with Crippen LogP contribution in [0.1, 0.15) is 60.3 Å². The van der Waals surface area contributed by atoms with Crippen molar-refractivity contribution >= 4 is 5.97 Å². The molecule has 0 aliphatic carbocycles. The molecule has 0 atom stereocenters. The van der Waals surface area contributed by atoms with Gasteiger partial charge < -0.3 is 9.37 Å². The van der Waals surface area contributed by atoms with Crippen LogP contribution in [0.5, 0.6) is 0 Å². The zero-order valence-corrected chi connectivity index (χ0v) is 12.9. The molecule has 0 bridgehead atoms. The van der Waals surface area contributed by atoms with Crippen molar-refractivity contribution < 1.29 is 19.4 Å². The van der Waals surface area contributed by atoms with Crippen molar-refractivity contribution in [2.24, 2.45) is 0 Å². The van der Waals surface area contributed by atoms with Crippen LogP contribution in [0.2, 0.25) is 0 Å². The molecule has 4 nitrogen and oxygen atoms in total. The summed E-state index contributed by atoms with van der Waals surface area (Å²) in [5.74, 6) is -0.690. The number of carbonyl (C=O) groups excluding carboxylic acids is 1. The molecule has 4 heteroatoms. The lowest BCUT2D eigenvalue weighted by atomic mass is 10.2. The van der Waals surface area contributed by atoms with Crippen molar-refractivity contribution in [1.29, 1.82) is 0 Å². The van der Waals surface area contributed by atoms with Gasteiger partial charge in [-0.15, -0.1) is 0 Å². The van der Waals surface area contributed by atoms with Gasteiger partial charge in [0.25, 0.3) is 0 Å². The molecule has 0 aliphatic rings. The predicted molar refractivity (Wildman–Crippen MR) is 75.3 cm³/mol. The molecular formula is C14H32NO3+. The summed E-state index contributed by atoms with van der Waals surface area (Å²) in [5, 5.41) is 7.29. The van der Waals surface area contributed by atoms with Gasteiger partial charge in [0.2, 0.25) is 0 Å². The summed E-state index contributed by atoms with van der Waals surface area (Å²) in [6.45, 7) is 15.9. The summed E-state index contributed by atoms with van der Waals surface area (Å²) in [6, 6.07) is 0. The van der Waals surface area contributed by atoms with Gasteiger partial charge in [-0.1, -0.05) is 27.7 Å². The first-order chi connectivity index (χ1) is 8.51. The molecule has 0 radical (unpaired) electrons. The molecule has 0 aromatic rings.